The maximum absolute atomic E-state index is 12.0. The predicted molar refractivity (Wildman–Crippen MR) is 78.8 cm³/mol. The van der Waals surface area contributed by atoms with Crippen LogP contribution in [0.2, 0.25) is 0 Å². The molecular formula is C14H21N3O3. The molecule has 0 saturated carbocycles. The van der Waals surface area contributed by atoms with E-state index >= 15 is 0 Å². The van der Waals surface area contributed by atoms with E-state index < -0.39 is 5.97 Å². The molecule has 20 heavy (non-hydrogen) atoms. The Morgan fingerprint density at radius 1 is 1.35 bits per heavy atom. The molecule has 0 bridgehead atoms. The van der Waals surface area contributed by atoms with Gasteiger partial charge >= 0.3 is 5.97 Å². The zero-order valence-electron chi connectivity index (χ0n) is 12.1. The second kappa shape index (κ2) is 7.37. The average molecular weight is 279 g/mol. The summed E-state index contributed by atoms with van der Waals surface area (Å²) in [4.78, 5) is 25.2. The summed E-state index contributed by atoms with van der Waals surface area (Å²) in [5.41, 5.74) is 7.19. The number of amides is 1. The number of rotatable bonds is 6. The summed E-state index contributed by atoms with van der Waals surface area (Å²) in [7, 11) is 3.63. The molecule has 1 aromatic rings. The van der Waals surface area contributed by atoms with Crippen LogP contribution < -0.4 is 16.0 Å². The fraction of sp³-hybridized carbons (Fsp3) is 0.429. The predicted octanol–water partition coefficient (Wildman–Crippen LogP) is 1.02. The van der Waals surface area contributed by atoms with Gasteiger partial charge in [-0.2, -0.15) is 0 Å². The highest BCUT2D eigenvalue weighted by molar-refractivity contribution is 5.97. The molecule has 6 heteroatoms. The van der Waals surface area contributed by atoms with E-state index in [9.17, 15) is 9.59 Å². The first kappa shape index (κ1) is 15.8. The number of benzene rings is 1. The lowest BCUT2D eigenvalue weighted by Crippen LogP contribution is -2.29. The lowest BCUT2D eigenvalue weighted by atomic mass is 10.1. The van der Waals surface area contributed by atoms with E-state index in [0.29, 0.717) is 23.5 Å². The van der Waals surface area contributed by atoms with Gasteiger partial charge in [0.05, 0.1) is 11.3 Å². The number of anilines is 2. The van der Waals surface area contributed by atoms with Crippen molar-refractivity contribution in [3.63, 3.8) is 0 Å². The molecule has 0 saturated heterocycles. The minimum absolute atomic E-state index is 0.291. The fourth-order valence-corrected chi connectivity index (χ4v) is 1.63. The van der Waals surface area contributed by atoms with Crippen molar-refractivity contribution < 1.29 is 14.3 Å². The van der Waals surface area contributed by atoms with Gasteiger partial charge in [-0.05, 0) is 24.6 Å². The number of nitrogens with two attached hydrogens (primary N) is 1. The first-order valence-electron chi connectivity index (χ1n) is 6.46. The van der Waals surface area contributed by atoms with Gasteiger partial charge in [0.15, 0.2) is 6.61 Å². The molecule has 0 unspecified atom stereocenters. The molecule has 0 spiro atoms. The lowest BCUT2D eigenvalue weighted by molar-refractivity contribution is -0.124. The molecule has 0 aliphatic heterocycles. The smallest absolute Gasteiger partial charge is 0.340 e. The van der Waals surface area contributed by atoms with Gasteiger partial charge in [0, 0.05) is 26.3 Å². The van der Waals surface area contributed by atoms with E-state index in [1.807, 2.05) is 21.0 Å². The van der Waals surface area contributed by atoms with Crippen LogP contribution in [0, 0.1) is 0 Å². The van der Waals surface area contributed by atoms with Crippen molar-refractivity contribution in [2.45, 2.75) is 13.3 Å². The molecular weight excluding hydrogens is 258 g/mol. The number of hydrogen-bond acceptors (Lipinski definition) is 5. The van der Waals surface area contributed by atoms with Gasteiger partial charge in [0.2, 0.25) is 0 Å². The first-order valence-corrected chi connectivity index (χ1v) is 6.46. The summed E-state index contributed by atoms with van der Waals surface area (Å²) >= 11 is 0. The molecule has 0 heterocycles. The van der Waals surface area contributed by atoms with Gasteiger partial charge in [-0.1, -0.05) is 6.92 Å². The van der Waals surface area contributed by atoms with Crippen LogP contribution in [0.4, 0.5) is 11.4 Å². The topological polar surface area (TPSA) is 84.7 Å². The third-order valence-corrected chi connectivity index (χ3v) is 2.63. The second-order valence-electron chi connectivity index (χ2n) is 4.60. The zero-order chi connectivity index (χ0) is 15.1. The van der Waals surface area contributed by atoms with Crippen molar-refractivity contribution in [2.24, 2.45) is 0 Å². The van der Waals surface area contributed by atoms with Crippen LogP contribution in [-0.2, 0) is 9.53 Å². The van der Waals surface area contributed by atoms with Crippen LogP contribution in [-0.4, -0.2) is 39.1 Å². The van der Waals surface area contributed by atoms with E-state index in [-0.39, 0.29) is 12.5 Å². The molecule has 0 aliphatic rings. The Morgan fingerprint density at radius 2 is 2.05 bits per heavy atom. The standard InChI is InChI=1S/C14H21N3O3/c1-4-7-16-13(18)9-20-14(19)11-8-10(15)5-6-12(11)17(2)3/h5-6,8H,4,7,9,15H2,1-3H3,(H,16,18). The van der Waals surface area contributed by atoms with Crippen molar-refractivity contribution in [3.8, 4) is 0 Å². The SMILES string of the molecule is CCCNC(=O)COC(=O)c1cc(N)ccc1N(C)C. The third kappa shape index (κ3) is 4.46. The van der Waals surface area contributed by atoms with Crippen LogP contribution in [0.25, 0.3) is 0 Å². The highest BCUT2D eigenvalue weighted by atomic mass is 16.5. The molecule has 110 valence electrons. The summed E-state index contributed by atoms with van der Waals surface area (Å²) in [6.07, 6.45) is 0.833. The summed E-state index contributed by atoms with van der Waals surface area (Å²) < 4.78 is 5.00. The Labute approximate surface area is 118 Å². The summed E-state index contributed by atoms with van der Waals surface area (Å²) in [6.45, 7) is 2.22. The Bertz CT molecular complexity index is 487. The van der Waals surface area contributed by atoms with E-state index in [1.165, 1.54) is 0 Å². The number of carbonyl (C=O) groups is 2. The maximum Gasteiger partial charge on any atom is 0.340 e. The number of ether oxygens (including phenoxy) is 1. The monoisotopic (exact) mass is 279 g/mol. The van der Waals surface area contributed by atoms with Gasteiger partial charge in [0.25, 0.3) is 5.91 Å². The summed E-state index contributed by atoms with van der Waals surface area (Å²) in [5, 5.41) is 2.64. The summed E-state index contributed by atoms with van der Waals surface area (Å²) in [5.74, 6) is -0.872. The normalized spacial score (nSPS) is 9.95. The zero-order valence-corrected chi connectivity index (χ0v) is 12.1. The second-order valence-corrected chi connectivity index (χ2v) is 4.60. The molecule has 0 fully saturated rings. The van der Waals surface area contributed by atoms with E-state index in [0.717, 1.165) is 6.42 Å². The van der Waals surface area contributed by atoms with Crippen LogP contribution in [0.1, 0.15) is 23.7 Å². The van der Waals surface area contributed by atoms with Crippen molar-refractivity contribution in [1.29, 1.82) is 0 Å². The molecule has 0 atom stereocenters. The van der Waals surface area contributed by atoms with Crippen molar-refractivity contribution in [2.75, 3.05) is 37.9 Å². The minimum Gasteiger partial charge on any atom is -0.452 e. The molecule has 1 rings (SSSR count). The molecule has 1 aromatic carbocycles. The number of hydrogen-bond donors (Lipinski definition) is 2. The highest BCUT2D eigenvalue weighted by Crippen LogP contribution is 2.22. The molecule has 1 amide bonds. The number of carbonyl (C=O) groups excluding carboxylic acids is 2. The van der Waals surface area contributed by atoms with E-state index in [4.69, 9.17) is 10.5 Å². The van der Waals surface area contributed by atoms with Gasteiger partial charge in [-0.15, -0.1) is 0 Å². The van der Waals surface area contributed by atoms with Crippen molar-refractivity contribution in [3.05, 3.63) is 23.8 Å². The van der Waals surface area contributed by atoms with Crippen LogP contribution in [0.15, 0.2) is 18.2 Å². The quantitative estimate of drug-likeness (QED) is 0.600. The van der Waals surface area contributed by atoms with Crippen LogP contribution >= 0.6 is 0 Å². The Balaban J connectivity index is 2.72. The first-order chi connectivity index (χ1) is 9.45. The van der Waals surface area contributed by atoms with Crippen LogP contribution in [0.3, 0.4) is 0 Å². The lowest BCUT2D eigenvalue weighted by Gasteiger charge is -2.17. The Kier molecular flexibility index (Phi) is 5.83. The minimum atomic E-state index is -0.562. The average Bonchev–Trinajstić information content (AvgIpc) is 2.41. The van der Waals surface area contributed by atoms with Crippen LogP contribution in [0.5, 0.6) is 0 Å². The molecule has 6 nitrogen and oxygen atoms in total. The van der Waals surface area contributed by atoms with Crippen molar-refractivity contribution >= 4 is 23.3 Å². The number of nitrogens with zero attached hydrogens (tertiary/aromatic N) is 1. The summed E-state index contributed by atoms with van der Waals surface area (Å²) in [6, 6.07) is 4.99. The van der Waals surface area contributed by atoms with Gasteiger partial charge in [-0.25, -0.2) is 4.79 Å². The Morgan fingerprint density at radius 3 is 2.65 bits per heavy atom. The van der Waals surface area contributed by atoms with Gasteiger partial charge < -0.3 is 20.7 Å². The largest absolute Gasteiger partial charge is 0.452 e. The molecule has 0 radical (unpaired) electrons. The fourth-order valence-electron chi connectivity index (χ4n) is 1.63. The Hall–Kier alpha value is -2.24. The van der Waals surface area contributed by atoms with Gasteiger partial charge in [-0.3, -0.25) is 4.79 Å². The number of esters is 1. The van der Waals surface area contributed by atoms with E-state index in [1.54, 1.807) is 23.1 Å². The molecule has 0 aromatic heterocycles. The third-order valence-electron chi connectivity index (χ3n) is 2.63. The van der Waals surface area contributed by atoms with Crippen molar-refractivity contribution in [1.82, 2.24) is 5.32 Å². The van der Waals surface area contributed by atoms with Gasteiger partial charge in [0.1, 0.15) is 0 Å². The molecule has 0 aliphatic carbocycles. The molecule has 3 N–H and O–H groups in total. The number of nitrogen functional groups attached to an aromatic ring is 1. The number of nitrogens with one attached hydrogen (secondary N) is 1. The maximum atomic E-state index is 12.0. The van der Waals surface area contributed by atoms with E-state index in [2.05, 4.69) is 5.32 Å². The highest BCUT2D eigenvalue weighted by Gasteiger charge is 2.16.